The summed E-state index contributed by atoms with van der Waals surface area (Å²) in [5.74, 6) is -0.748. The first-order valence-corrected chi connectivity index (χ1v) is 8.82. The molecule has 0 fully saturated rings. The van der Waals surface area contributed by atoms with E-state index in [1.165, 1.54) is 13.3 Å². The topological polar surface area (TPSA) is 80.3 Å². The number of ether oxygens (including phenoxy) is 1. The lowest BCUT2D eigenvalue weighted by Gasteiger charge is -2.11. The fourth-order valence-corrected chi connectivity index (χ4v) is 2.70. The zero-order chi connectivity index (χ0) is 20.1. The van der Waals surface area contributed by atoms with Crippen molar-refractivity contribution in [2.45, 2.75) is 6.92 Å². The average molecular weight is 396 g/mol. The van der Waals surface area contributed by atoms with Gasteiger partial charge in [-0.1, -0.05) is 17.7 Å². The Kier molecular flexibility index (Phi) is 5.91. The number of methoxy groups -OCH3 is 1. The molecule has 3 aromatic rings. The molecule has 2 N–H and O–H groups in total. The van der Waals surface area contributed by atoms with Crippen molar-refractivity contribution >= 4 is 40.5 Å². The number of anilines is 3. The number of benzene rings is 2. The van der Waals surface area contributed by atoms with Crippen LogP contribution in [0.25, 0.3) is 0 Å². The maximum Gasteiger partial charge on any atom is 0.337 e. The Labute approximate surface area is 167 Å². The molecular formula is C21H18ClN3O3. The summed E-state index contributed by atoms with van der Waals surface area (Å²) in [5, 5.41) is 6.61. The molecule has 7 heteroatoms. The van der Waals surface area contributed by atoms with Crippen molar-refractivity contribution < 1.29 is 14.3 Å². The van der Waals surface area contributed by atoms with E-state index in [2.05, 4.69) is 20.4 Å². The smallest absolute Gasteiger partial charge is 0.337 e. The Morgan fingerprint density at radius 1 is 0.964 bits per heavy atom. The highest BCUT2D eigenvalue weighted by Crippen LogP contribution is 2.24. The molecule has 0 radical (unpaired) electrons. The Balaban J connectivity index is 1.73. The van der Waals surface area contributed by atoms with E-state index in [4.69, 9.17) is 11.6 Å². The van der Waals surface area contributed by atoms with E-state index in [9.17, 15) is 9.59 Å². The molecule has 1 aromatic heterocycles. The van der Waals surface area contributed by atoms with Crippen molar-refractivity contribution in [2.75, 3.05) is 17.7 Å². The lowest BCUT2D eigenvalue weighted by atomic mass is 10.2. The van der Waals surface area contributed by atoms with Gasteiger partial charge >= 0.3 is 5.97 Å². The van der Waals surface area contributed by atoms with Crippen LogP contribution in [0.5, 0.6) is 0 Å². The molecule has 0 saturated carbocycles. The normalized spacial score (nSPS) is 10.2. The quantitative estimate of drug-likeness (QED) is 0.605. The first-order chi connectivity index (χ1) is 13.5. The molecule has 3 rings (SSSR count). The molecule has 0 saturated heterocycles. The van der Waals surface area contributed by atoms with Crippen molar-refractivity contribution in [3.05, 3.63) is 82.6 Å². The zero-order valence-electron chi connectivity index (χ0n) is 15.3. The Morgan fingerprint density at radius 3 is 2.43 bits per heavy atom. The van der Waals surface area contributed by atoms with Crippen LogP contribution in [0, 0.1) is 6.92 Å². The third-order valence-corrected chi connectivity index (χ3v) is 4.28. The van der Waals surface area contributed by atoms with Crippen LogP contribution in [0.2, 0.25) is 5.02 Å². The monoisotopic (exact) mass is 395 g/mol. The number of carbonyl (C=O) groups excluding carboxylic acids is 2. The number of aromatic nitrogens is 1. The fourth-order valence-electron chi connectivity index (χ4n) is 2.53. The van der Waals surface area contributed by atoms with Crippen molar-refractivity contribution in [1.82, 2.24) is 4.98 Å². The molecule has 28 heavy (non-hydrogen) atoms. The number of halogens is 1. The van der Waals surface area contributed by atoms with Crippen molar-refractivity contribution in [3.8, 4) is 0 Å². The van der Waals surface area contributed by atoms with Gasteiger partial charge in [0.2, 0.25) is 0 Å². The number of aryl methyl sites for hydroxylation is 1. The predicted octanol–water partition coefficient (Wildman–Crippen LogP) is 4.83. The Morgan fingerprint density at radius 2 is 1.71 bits per heavy atom. The summed E-state index contributed by atoms with van der Waals surface area (Å²) in [5.41, 5.74) is 3.88. The second kappa shape index (κ2) is 8.54. The minimum atomic E-state index is -0.433. The number of hydrogen-bond donors (Lipinski definition) is 2. The maximum atomic E-state index is 12.5. The third kappa shape index (κ3) is 4.66. The summed E-state index contributed by atoms with van der Waals surface area (Å²) in [6.45, 7) is 1.96. The first-order valence-electron chi connectivity index (χ1n) is 8.44. The van der Waals surface area contributed by atoms with Crippen LogP contribution in [-0.2, 0) is 4.74 Å². The fraction of sp³-hybridized carbons (Fsp3) is 0.0952. The summed E-state index contributed by atoms with van der Waals surface area (Å²) in [4.78, 5) is 28.1. The Bertz CT molecular complexity index is 1020. The van der Waals surface area contributed by atoms with Gasteiger partial charge in [0.15, 0.2) is 0 Å². The SMILES string of the molecule is COC(=O)c1ccc(NC(=O)c2cncc(Nc3cc(Cl)ccc3C)c2)cc1. The van der Waals surface area contributed by atoms with Gasteiger partial charge in [-0.3, -0.25) is 9.78 Å². The van der Waals surface area contributed by atoms with Crippen LogP contribution < -0.4 is 10.6 Å². The highest BCUT2D eigenvalue weighted by Gasteiger charge is 2.10. The minimum absolute atomic E-state index is 0.315. The molecule has 1 heterocycles. The van der Waals surface area contributed by atoms with Gasteiger partial charge in [-0.05, 0) is 55.0 Å². The average Bonchev–Trinajstić information content (AvgIpc) is 2.71. The number of esters is 1. The van der Waals surface area contributed by atoms with E-state index in [-0.39, 0.29) is 5.91 Å². The van der Waals surface area contributed by atoms with Gasteiger partial charge in [0.25, 0.3) is 5.91 Å². The summed E-state index contributed by atoms with van der Waals surface area (Å²) >= 11 is 6.05. The number of amides is 1. The van der Waals surface area contributed by atoms with Gasteiger partial charge < -0.3 is 15.4 Å². The minimum Gasteiger partial charge on any atom is -0.465 e. The number of carbonyl (C=O) groups is 2. The molecule has 0 unspecified atom stereocenters. The van der Waals surface area contributed by atoms with E-state index in [0.29, 0.717) is 27.5 Å². The van der Waals surface area contributed by atoms with E-state index in [1.807, 2.05) is 25.1 Å². The maximum absolute atomic E-state index is 12.5. The lowest BCUT2D eigenvalue weighted by Crippen LogP contribution is -2.12. The highest BCUT2D eigenvalue weighted by molar-refractivity contribution is 6.30. The van der Waals surface area contributed by atoms with Gasteiger partial charge in [-0.15, -0.1) is 0 Å². The van der Waals surface area contributed by atoms with E-state index >= 15 is 0 Å². The molecule has 0 aliphatic carbocycles. The number of pyridine rings is 1. The van der Waals surface area contributed by atoms with E-state index < -0.39 is 5.97 Å². The second-order valence-electron chi connectivity index (χ2n) is 6.07. The van der Waals surface area contributed by atoms with Gasteiger partial charge in [0, 0.05) is 22.6 Å². The largest absolute Gasteiger partial charge is 0.465 e. The molecule has 0 atom stereocenters. The second-order valence-corrected chi connectivity index (χ2v) is 6.51. The van der Waals surface area contributed by atoms with Crippen LogP contribution >= 0.6 is 11.6 Å². The van der Waals surface area contributed by atoms with Crippen LogP contribution in [0.1, 0.15) is 26.3 Å². The van der Waals surface area contributed by atoms with Crippen LogP contribution in [0.4, 0.5) is 17.1 Å². The van der Waals surface area contributed by atoms with E-state index in [1.54, 1.807) is 36.5 Å². The number of rotatable bonds is 5. The van der Waals surface area contributed by atoms with Crippen LogP contribution in [0.3, 0.4) is 0 Å². The lowest BCUT2D eigenvalue weighted by molar-refractivity contribution is 0.0600. The van der Waals surface area contributed by atoms with Gasteiger partial charge in [-0.2, -0.15) is 0 Å². The van der Waals surface area contributed by atoms with Gasteiger partial charge in [-0.25, -0.2) is 4.79 Å². The molecule has 0 aliphatic heterocycles. The molecule has 0 aliphatic rings. The standard InChI is InChI=1S/C21H18ClN3O3/c1-13-3-6-16(22)10-19(13)24-18-9-15(11-23-12-18)20(26)25-17-7-4-14(5-8-17)21(27)28-2/h3-12,24H,1-2H3,(H,25,26). The van der Waals surface area contributed by atoms with Crippen molar-refractivity contribution in [2.24, 2.45) is 0 Å². The van der Waals surface area contributed by atoms with Gasteiger partial charge in [0.05, 0.1) is 30.1 Å². The summed E-state index contributed by atoms with van der Waals surface area (Å²) in [7, 11) is 1.32. The van der Waals surface area contributed by atoms with E-state index in [0.717, 1.165) is 11.3 Å². The molecular weight excluding hydrogens is 378 g/mol. The number of nitrogens with zero attached hydrogens (tertiary/aromatic N) is 1. The van der Waals surface area contributed by atoms with Crippen molar-refractivity contribution in [3.63, 3.8) is 0 Å². The molecule has 142 valence electrons. The molecule has 0 spiro atoms. The highest BCUT2D eigenvalue weighted by atomic mass is 35.5. The molecule has 0 bridgehead atoms. The van der Waals surface area contributed by atoms with Crippen LogP contribution in [-0.4, -0.2) is 24.0 Å². The zero-order valence-corrected chi connectivity index (χ0v) is 16.1. The summed E-state index contributed by atoms with van der Waals surface area (Å²) < 4.78 is 4.65. The molecule has 1 amide bonds. The molecule has 6 nitrogen and oxygen atoms in total. The van der Waals surface area contributed by atoms with Crippen LogP contribution in [0.15, 0.2) is 60.9 Å². The number of nitrogens with one attached hydrogen (secondary N) is 2. The molecule has 2 aromatic carbocycles. The van der Waals surface area contributed by atoms with Crippen molar-refractivity contribution in [1.29, 1.82) is 0 Å². The number of hydrogen-bond acceptors (Lipinski definition) is 5. The van der Waals surface area contributed by atoms with Gasteiger partial charge in [0.1, 0.15) is 0 Å². The Hall–Kier alpha value is -3.38. The first kappa shape index (κ1) is 19.4. The predicted molar refractivity (Wildman–Crippen MR) is 109 cm³/mol. The third-order valence-electron chi connectivity index (χ3n) is 4.04. The summed E-state index contributed by atoms with van der Waals surface area (Å²) in [6, 6.07) is 13.7. The summed E-state index contributed by atoms with van der Waals surface area (Å²) in [6.07, 6.45) is 3.11.